The van der Waals surface area contributed by atoms with Crippen LogP contribution >= 0.6 is 11.3 Å². The molecule has 1 aliphatic rings. The summed E-state index contributed by atoms with van der Waals surface area (Å²) in [6.45, 7) is 0. The summed E-state index contributed by atoms with van der Waals surface area (Å²) in [5, 5.41) is 5.72. The predicted molar refractivity (Wildman–Crippen MR) is 72.1 cm³/mol. The van der Waals surface area contributed by atoms with Crippen LogP contribution in [0.2, 0.25) is 0 Å². The molecule has 1 aromatic rings. The normalized spacial score (nSPS) is 19.8. The minimum Gasteiger partial charge on any atom is -0.317 e. The van der Waals surface area contributed by atoms with Crippen molar-refractivity contribution >= 4 is 11.3 Å². The Hall–Kier alpha value is -0.340. The SMILES string of the molecule is CNC(CCc1cccs1)C1CCCCC1. The molecule has 0 spiro atoms. The molecule has 2 rings (SSSR count). The molecule has 1 saturated carbocycles. The third-order valence-corrected chi connectivity index (χ3v) is 4.81. The lowest BCUT2D eigenvalue weighted by atomic mass is 9.82. The zero-order valence-electron chi connectivity index (χ0n) is 10.2. The van der Waals surface area contributed by atoms with Crippen LogP contribution in [-0.2, 0) is 6.42 Å². The van der Waals surface area contributed by atoms with Gasteiger partial charge in [0.15, 0.2) is 0 Å². The second-order valence-corrected chi connectivity index (χ2v) is 5.94. The van der Waals surface area contributed by atoms with E-state index in [9.17, 15) is 0 Å². The van der Waals surface area contributed by atoms with Crippen LogP contribution in [0.5, 0.6) is 0 Å². The Morgan fingerprint density at radius 3 is 2.81 bits per heavy atom. The van der Waals surface area contributed by atoms with Crippen LogP contribution in [0.15, 0.2) is 17.5 Å². The van der Waals surface area contributed by atoms with E-state index in [1.807, 2.05) is 11.3 Å². The quantitative estimate of drug-likeness (QED) is 0.820. The third-order valence-electron chi connectivity index (χ3n) is 3.87. The second kappa shape index (κ2) is 6.41. The Bertz CT molecular complexity index is 275. The van der Waals surface area contributed by atoms with Crippen molar-refractivity contribution in [2.45, 2.75) is 51.0 Å². The van der Waals surface area contributed by atoms with Crippen LogP contribution in [-0.4, -0.2) is 13.1 Å². The highest BCUT2D eigenvalue weighted by molar-refractivity contribution is 7.09. The van der Waals surface area contributed by atoms with Crippen molar-refractivity contribution < 1.29 is 0 Å². The Morgan fingerprint density at radius 1 is 1.38 bits per heavy atom. The summed E-state index contributed by atoms with van der Waals surface area (Å²) in [6, 6.07) is 5.16. The maximum absolute atomic E-state index is 3.54. The monoisotopic (exact) mass is 237 g/mol. The van der Waals surface area contributed by atoms with E-state index < -0.39 is 0 Å². The molecule has 1 fully saturated rings. The first-order valence-corrected chi connectivity index (χ1v) is 7.48. The molecule has 0 radical (unpaired) electrons. The maximum Gasteiger partial charge on any atom is 0.00957 e. The first kappa shape index (κ1) is 12.1. The topological polar surface area (TPSA) is 12.0 Å². The number of rotatable bonds is 5. The minimum absolute atomic E-state index is 0.738. The number of thiophene rings is 1. The van der Waals surface area contributed by atoms with E-state index in [0.717, 1.165) is 12.0 Å². The van der Waals surface area contributed by atoms with Crippen molar-refractivity contribution in [2.75, 3.05) is 7.05 Å². The molecule has 0 aliphatic heterocycles. The molecule has 1 unspecified atom stereocenters. The standard InChI is InChI=1S/C14H23NS/c1-15-14(12-6-3-2-4-7-12)10-9-13-8-5-11-16-13/h5,8,11-12,14-15H,2-4,6-7,9-10H2,1H3. The fourth-order valence-corrected chi connectivity index (χ4v) is 3.63. The molecular weight excluding hydrogens is 214 g/mol. The van der Waals surface area contributed by atoms with E-state index in [4.69, 9.17) is 0 Å². The molecule has 1 nitrogen and oxygen atoms in total. The molecule has 1 heterocycles. The highest BCUT2D eigenvalue weighted by Crippen LogP contribution is 2.28. The Labute approximate surface area is 103 Å². The van der Waals surface area contributed by atoms with Crippen molar-refractivity contribution in [3.05, 3.63) is 22.4 Å². The first-order chi connectivity index (χ1) is 7.90. The Morgan fingerprint density at radius 2 is 2.19 bits per heavy atom. The summed E-state index contributed by atoms with van der Waals surface area (Å²) in [5.74, 6) is 0.929. The van der Waals surface area contributed by atoms with Gasteiger partial charge < -0.3 is 5.32 Å². The second-order valence-electron chi connectivity index (χ2n) is 4.91. The summed E-state index contributed by atoms with van der Waals surface area (Å²) in [4.78, 5) is 1.54. The zero-order chi connectivity index (χ0) is 11.2. The van der Waals surface area contributed by atoms with Crippen molar-refractivity contribution in [1.29, 1.82) is 0 Å². The lowest BCUT2D eigenvalue weighted by Crippen LogP contribution is -2.35. The summed E-state index contributed by atoms with van der Waals surface area (Å²) in [7, 11) is 2.13. The predicted octanol–water partition coefficient (Wildman–Crippen LogP) is 3.85. The lowest BCUT2D eigenvalue weighted by Gasteiger charge is -2.30. The van der Waals surface area contributed by atoms with E-state index >= 15 is 0 Å². The molecule has 1 N–H and O–H groups in total. The molecule has 1 aromatic heterocycles. The van der Waals surface area contributed by atoms with E-state index in [0.29, 0.717) is 0 Å². The van der Waals surface area contributed by atoms with Crippen LogP contribution < -0.4 is 5.32 Å². The van der Waals surface area contributed by atoms with Gasteiger partial charge >= 0.3 is 0 Å². The largest absolute Gasteiger partial charge is 0.317 e. The van der Waals surface area contributed by atoms with Crippen LogP contribution in [0.25, 0.3) is 0 Å². The van der Waals surface area contributed by atoms with E-state index in [1.54, 1.807) is 0 Å². The molecule has 0 amide bonds. The van der Waals surface area contributed by atoms with E-state index in [2.05, 4.69) is 29.9 Å². The van der Waals surface area contributed by atoms with Gasteiger partial charge in [0.05, 0.1) is 0 Å². The highest BCUT2D eigenvalue weighted by Gasteiger charge is 2.21. The fourth-order valence-electron chi connectivity index (χ4n) is 2.90. The van der Waals surface area contributed by atoms with Crippen molar-refractivity contribution in [1.82, 2.24) is 5.32 Å². The number of hydrogen-bond donors (Lipinski definition) is 1. The van der Waals surface area contributed by atoms with Gasteiger partial charge in [0.1, 0.15) is 0 Å². The molecular formula is C14H23NS. The summed E-state index contributed by atoms with van der Waals surface area (Å²) in [6.07, 6.45) is 9.79. The molecule has 0 saturated heterocycles. The Balaban J connectivity index is 1.80. The summed E-state index contributed by atoms with van der Waals surface area (Å²) >= 11 is 1.89. The van der Waals surface area contributed by atoms with Gasteiger partial charge in [-0.15, -0.1) is 11.3 Å². The van der Waals surface area contributed by atoms with Gasteiger partial charge in [0.25, 0.3) is 0 Å². The third kappa shape index (κ3) is 3.33. The van der Waals surface area contributed by atoms with Crippen LogP contribution in [0.3, 0.4) is 0 Å². The molecule has 16 heavy (non-hydrogen) atoms. The molecule has 1 aliphatic carbocycles. The molecule has 1 atom stereocenters. The highest BCUT2D eigenvalue weighted by atomic mass is 32.1. The fraction of sp³-hybridized carbons (Fsp3) is 0.714. The molecule has 90 valence electrons. The van der Waals surface area contributed by atoms with Crippen LogP contribution in [0.4, 0.5) is 0 Å². The maximum atomic E-state index is 3.54. The summed E-state index contributed by atoms with van der Waals surface area (Å²) < 4.78 is 0. The summed E-state index contributed by atoms with van der Waals surface area (Å²) in [5.41, 5.74) is 0. The van der Waals surface area contributed by atoms with Gasteiger partial charge in [-0.3, -0.25) is 0 Å². The molecule has 0 aromatic carbocycles. The Kier molecular flexibility index (Phi) is 4.86. The molecule has 0 bridgehead atoms. The van der Waals surface area contributed by atoms with Gasteiger partial charge in [0, 0.05) is 10.9 Å². The van der Waals surface area contributed by atoms with Gasteiger partial charge in [-0.05, 0) is 50.1 Å². The van der Waals surface area contributed by atoms with Gasteiger partial charge in [0.2, 0.25) is 0 Å². The minimum atomic E-state index is 0.738. The average molecular weight is 237 g/mol. The van der Waals surface area contributed by atoms with Crippen molar-refractivity contribution in [2.24, 2.45) is 5.92 Å². The van der Waals surface area contributed by atoms with Gasteiger partial charge in [-0.2, -0.15) is 0 Å². The van der Waals surface area contributed by atoms with Crippen molar-refractivity contribution in [3.8, 4) is 0 Å². The van der Waals surface area contributed by atoms with Crippen LogP contribution in [0.1, 0.15) is 43.4 Å². The van der Waals surface area contributed by atoms with E-state index in [1.165, 1.54) is 49.8 Å². The van der Waals surface area contributed by atoms with Gasteiger partial charge in [-0.1, -0.05) is 25.3 Å². The van der Waals surface area contributed by atoms with E-state index in [-0.39, 0.29) is 0 Å². The number of hydrogen-bond acceptors (Lipinski definition) is 2. The number of aryl methyl sites for hydroxylation is 1. The average Bonchev–Trinajstić information content (AvgIpc) is 2.84. The lowest BCUT2D eigenvalue weighted by molar-refractivity contribution is 0.268. The number of nitrogens with one attached hydrogen (secondary N) is 1. The smallest absolute Gasteiger partial charge is 0.00957 e. The van der Waals surface area contributed by atoms with Crippen molar-refractivity contribution in [3.63, 3.8) is 0 Å². The van der Waals surface area contributed by atoms with Gasteiger partial charge in [-0.25, -0.2) is 0 Å². The first-order valence-electron chi connectivity index (χ1n) is 6.60. The van der Waals surface area contributed by atoms with Crippen LogP contribution in [0, 0.1) is 5.92 Å². The molecule has 2 heteroatoms. The zero-order valence-corrected chi connectivity index (χ0v) is 11.1.